The highest BCUT2D eigenvalue weighted by molar-refractivity contribution is 5.92. The van der Waals surface area contributed by atoms with Crippen molar-refractivity contribution >= 4 is 11.9 Å². The minimum absolute atomic E-state index is 0.0197. The van der Waals surface area contributed by atoms with Crippen molar-refractivity contribution in [2.45, 2.75) is 59.0 Å². The minimum Gasteiger partial charge on any atom is -0.476 e. The van der Waals surface area contributed by atoms with Gasteiger partial charge in [0.1, 0.15) is 0 Å². The normalized spacial score (nSPS) is 24.1. The lowest BCUT2D eigenvalue weighted by atomic mass is 10.3. The topological polar surface area (TPSA) is 60.4 Å². The van der Waals surface area contributed by atoms with Gasteiger partial charge in [-0.1, -0.05) is 0 Å². The van der Waals surface area contributed by atoms with Crippen LogP contribution >= 0.6 is 0 Å². The van der Waals surface area contributed by atoms with Crippen LogP contribution in [0.2, 0.25) is 0 Å². The van der Waals surface area contributed by atoms with Crippen molar-refractivity contribution in [2.75, 3.05) is 6.54 Å². The molecule has 0 amide bonds. The van der Waals surface area contributed by atoms with Gasteiger partial charge in [0.15, 0.2) is 12.2 Å². The molecular weight excluding hydrogens is 222 g/mol. The molecule has 1 heterocycles. The zero-order valence-corrected chi connectivity index (χ0v) is 11.1. The fourth-order valence-corrected chi connectivity index (χ4v) is 1.37. The lowest BCUT2D eigenvalue weighted by molar-refractivity contribution is -0.148. The summed E-state index contributed by atoms with van der Waals surface area (Å²) in [4.78, 5) is 15.8. The Morgan fingerprint density at radius 2 is 1.76 bits per heavy atom. The van der Waals surface area contributed by atoms with Crippen molar-refractivity contribution in [3.05, 3.63) is 0 Å². The lowest BCUT2D eigenvalue weighted by Gasteiger charge is -2.10. The predicted octanol–water partition coefficient (Wildman–Crippen LogP) is 1.55. The third kappa shape index (κ3) is 4.34. The second-order valence-corrected chi connectivity index (χ2v) is 4.44. The van der Waals surface area contributed by atoms with Crippen molar-refractivity contribution in [1.29, 1.82) is 0 Å². The maximum atomic E-state index is 11.6. The maximum Gasteiger partial charge on any atom is 0.338 e. The summed E-state index contributed by atoms with van der Waals surface area (Å²) >= 11 is 0. The molecule has 0 aromatic heterocycles. The van der Waals surface area contributed by atoms with Gasteiger partial charge in [0.05, 0.1) is 12.2 Å². The molecule has 2 atom stereocenters. The van der Waals surface area contributed by atoms with Crippen LogP contribution in [-0.4, -0.2) is 42.8 Å². The number of carbonyl (C=O) groups is 1. The number of hydrogen-bond acceptors (Lipinski definition) is 5. The van der Waals surface area contributed by atoms with E-state index in [-0.39, 0.29) is 24.3 Å². The number of ether oxygens (including phenoxy) is 3. The third-order valence-electron chi connectivity index (χ3n) is 1.99. The monoisotopic (exact) mass is 243 g/mol. The molecule has 1 rings (SSSR count). The molecule has 5 nitrogen and oxygen atoms in total. The summed E-state index contributed by atoms with van der Waals surface area (Å²) in [5.74, 6) is 0.148. The first-order valence-corrected chi connectivity index (χ1v) is 6.02. The van der Waals surface area contributed by atoms with E-state index in [0.29, 0.717) is 12.4 Å². The summed E-state index contributed by atoms with van der Waals surface area (Å²) in [5.41, 5.74) is 0. The Morgan fingerprint density at radius 1 is 1.18 bits per heavy atom. The van der Waals surface area contributed by atoms with Crippen LogP contribution in [0.5, 0.6) is 0 Å². The summed E-state index contributed by atoms with van der Waals surface area (Å²) in [6, 6.07) is 0. The molecule has 2 unspecified atom stereocenters. The number of epoxide rings is 1. The van der Waals surface area contributed by atoms with E-state index < -0.39 is 6.10 Å². The molecular formula is C12H21NO4. The van der Waals surface area contributed by atoms with E-state index >= 15 is 0 Å². The van der Waals surface area contributed by atoms with Gasteiger partial charge in [0.25, 0.3) is 0 Å². The van der Waals surface area contributed by atoms with Gasteiger partial charge in [-0.05, 0) is 34.6 Å². The van der Waals surface area contributed by atoms with Gasteiger partial charge >= 0.3 is 5.97 Å². The Hall–Kier alpha value is -1.10. The third-order valence-corrected chi connectivity index (χ3v) is 1.99. The molecule has 0 N–H and O–H groups in total. The van der Waals surface area contributed by atoms with E-state index in [1.54, 1.807) is 13.8 Å². The second kappa shape index (κ2) is 6.00. The number of esters is 1. The molecule has 0 saturated carbocycles. The smallest absolute Gasteiger partial charge is 0.338 e. The van der Waals surface area contributed by atoms with E-state index in [2.05, 4.69) is 4.99 Å². The summed E-state index contributed by atoms with van der Waals surface area (Å²) in [6.07, 6.45) is -1.04. The maximum absolute atomic E-state index is 11.6. The number of hydrogen-bond donors (Lipinski definition) is 0. The highest BCUT2D eigenvalue weighted by atomic mass is 16.7. The van der Waals surface area contributed by atoms with Gasteiger partial charge in [-0.2, -0.15) is 0 Å². The molecule has 0 aliphatic carbocycles. The average molecular weight is 243 g/mol. The largest absolute Gasteiger partial charge is 0.476 e. The van der Waals surface area contributed by atoms with E-state index in [4.69, 9.17) is 14.2 Å². The molecule has 0 bridgehead atoms. The van der Waals surface area contributed by atoms with Crippen molar-refractivity contribution in [1.82, 2.24) is 0 Å². The Bertz CT molecular complexity index is 299. The molecule has 0 radical (unpaired) electrons. The zero-order valence-electron chi connectivity index (χ0n) is 11.1. The van der Waals surface area contributed by atoms with Gasteiger partial charge in [0, 0.05) is 6.54 Å². The second-order valence-electron chi connectivity index (χ2n) is 4.44. The van der Waals surface area contributed by atoms with Crippen LogP contribution in [0.15, 0.2) is 4.99 Å². The fourth-order valence-electron chi connectivity index (χ4n) is 1.37. The van der Waals surface area contributed by atoms with Crippen molar-refractivity contribution < 1.29 is 19.0 Å². The molecule has 5 heteroatoms. The fraction of sp³-hybridized carbons (Fsp3) is 0.833. The van der Waals surface area contributed by atoms with Gasteiger partial charge in [-0.25, -0.2) is 4.79 Å². The zero-order chi connectivity index (χ0) is 13.0. The van der Waals surface area contributed by atoms with Gasteiger partial charge < -0.3 is 14.2 Å². The summed E-state index contributed by atoms with van der Waals surface area (Å²) in [5, 5.41) is 0. The summed E-state index contributed by atoms with van der Waals surface area (Å²) < 4.78 is 15.8. The van der Waals surface area contributed by atoms with Crippen molar-refractivity contribution in [3.8, 4) is 0 Å². The van der Waals surface area contributed by atoms with E-state index in [9.17, 15) is 4.79 Å². The van der Waals surface area contributed by atoms with Crippen molar-refractivity contribution in [2.24, 2.45) is 4.99 Å². The van der Waals surface area contributed by atoms with Crippen LogP contribution in [0.3, 0.4) is 0 Å². The molecule has 1 aliphatic rings. The molecule has 17 heavy (non-hydrogen) atoms. The van der Waals surface area contributed by atoms with Crippen LogP contribution in [-0.2, 0) is 19.0 Å². The van der Waals surface area contributed by atoms with E-state index in [1.807, 2.05) is 20.8 Å². The molecule has 0 aromatic carbocycles. The van der Waals surface area contributed by atoms with Gasteiger partial charge in [0.2, 0.25) is 5.90 Å². The molecule has 0 spiro atoms. The number of rotatable bonds is 5. The highest BCUT2D eigenvalue weighted by Gasteiger charge is 2.51. The summed E-state index contributed by atoms with van der Waals surface area (Å²) in [7, 11) is 0. The van der Waals surface area contributed by atoms with Crippen LogP contribution in [0.4, 0.5) is 0 Å². The van der Waals surface area contributed by atoms with Crippen LogP contribution in [0, 0.1) is 0 Å². The molecule has 1 aliphatic heterocycles. The molecule has 1 fully saturated rings. The van der Waals surface area contributed by atoms with Crippen molar-refractivity contribution in [3.63, 3.8) is 0 Å². The molecule has 98 valence electrons. The highest BCUT2D eigenvalue weighted by Crippen LogP contribution is 2.26. The molecule has 1 saturated heterocycles. The SMILES string of the molecule is CCN=C(OC(C)C)C1OC1C(=O)OC(C)C. The number of aliphatic imine (C=N–C) groups is 1. The Labute approximate surface area is 102 Å². The Balaban J connectivity index is 2.52. The summed E-state index contributed by atoms with van der Waals surface area (Å²) in [6.45, 7) is 9.95. The van der Waals surface area contributed by atoms with E-state index in [1.165, 1.54) is 0 Å². The average Bonchev–Trinajstić information content (AvgIpc) is 2.94. The number of nitrogens with zero attached hydrogens (tertiary/aromatic N) is 1. The Morgan fingerprint density at radius 3 is 2.24 bits per heavy atom. The lowest BCUT2D eigenvalue weighted by Crippen LogP contribution is -2.24. The van der Waals surface area contributed by atoms with Crippen LogP contribution in [0.25, 0.3) is 0 Å². The Kier molecular flexibility index (Phi) is 4.93. The van der Waals surface area contributed by atoms with Gasteiger partial charge in [-0.3, -0.25) is 4.99 Å². The minimum atomic E-state index is -0.554. The predicted molar refractivity (Wildman–Crippen MR) is 64.1 cm³/mol. The molecule has 0 aromatic rings. The standard InChI is InChI=1S/C12H21NO4/c1-6-13-11(15-7(2)3)9-10(17-9)12(14)16-8(4)5/h7-10H,6H2,1-5H3. The van der Waals surface area contributed by atoms with Crippen LogP contribution < -0.4 is 0 Å². The number of carbonyl (C=O) groups excluding carboxylic acids is 1. The van der Waals surface area contributed by atoms with E-state index in [0.717, 1.165) is 0 Å². The van der Waals surface area contributed by atoms with Crippen LogP contribution in [0.1, 0.15) is 34.6 Å². The first kappa shape index (κ1) is 14.0. The first-order chi connectivity index (χ1) is 7.95. The van der Waals surface area contributed by atoms with Gasteiger partial charge in [-0.15, -0.1) is 0 Å². The first-order valence-electron chi connectivity index (χ1n) is 6.02. The quantitative estimate of drug-likeness (QED) is 0.318.